The first kappa shape index (κ1) is 19.9. The Kier molecular flexibility index (Phi) is 5.72. The Labute approximate surface area is 161 Å². The van der Waals surface area contributed by atoms with Gasteiger partial charge in [0.25, 0.3) is 0 Å². The number of alkyl halides is 3. The fraction of sp³-hybridized carbons (Fsp3) is 0.333. The lowest BCUT2D eigenvalue weighted by atomic mass is 10.1. The summed E-state index contributed by atoms with van der Waals surface area (Å²) in [5.74, 6) is 0.464. The van der Waals surface area contributed by atoms with Crippen molar-refractivity contribution in [2.24, 2.45) is 0 Å². The number of rotatable bonds is 6. The quantitative estimate of drug-likeness (QED) is 0.550. The number of aryl methyl sites for hydroxylation is 1. The van der Waals surface area contributed by atoms with E-state index in [4.69, 9.17) is 4.74 Å². The van der Waals surface area contributed by atoms with Crippen molar-refractivity contribution in [1.82, 2.24) is 9.55 Å². The van der Waals surface area contributed by atoms with Gasteiger partial charge in [-0.25, -0.2) is 4.98 Å². The summed E-state index contributed by atoms with van der Waals surface area (Å²) in [5, 5.41) is 0. The van der Waals surface area contributed by atoms with Gasteiger partial charge in [-0.2, -0.15) is 13.2 Å². The molecule has 2 aromatic carbocycles. The van der Waals surface area contributed by atoms with Crippen LogP contribution in [-0.4, -0.2) is 22.1 Å². The number of nitrogens with zero attached hydrogens (tertiary/aromatic N) is 2. The topological polar surface area (TPSA) is 44.1 Å². The van der Waals surface area contributed by atoms with E-state index in [0.29, 0.717) is 42.7 Å². The molecule has 0 N–H and O–H groups in total. The molecule has 0 unspecified atom stereocenters. The highest BCUT2D eigenvalue weighted by Crippen LogP contribution is 2.32. The van der Waals surface area contributed by atoms with E-state index in [1.165, 1.54) is 6.07 Å². The summed E-state index contributed by atoms with van der Waals surface area (Å²) >= 11 is 0. The molecule has 0 aliphatic carbocycles. The highest BCUT2D eigenvalue weighted by Gasteiger charge is 2.31. The van der Waals surface area contributed by atoms with Crippen molar-refractivity contribution in [3.63, 3.8) is 0 Å². The van der Waals surface area contributed by atoms with Gasteiger partial charge < -0.3 is 4.74 Å². The van der Waals surface area contributed by atoms with Crippen molar-refractivity contribution in [1.29, 1.82) is 0 Å². The molecule has 4 nitrogen and oxygen atoms in total. The van der Waals surface area contributed by atoms with E-state index in [0.717, 1.165) is 23.4 Å². The average Bonchev–Trinajstić information content (AvgIpc) is 3.05. The molecule has 0 atom stereocenters. The zero-order valence-electron chi connectivity index (χ0n) is 15.7. The van der Waals surface area contributed by atoms with E-state index in [-0.39, 0.29) is 5.97 Å². The molecule has 7 heteroatoms. The number of halogens is 3. The molecule has 1 heterocycles. The Hall–Kier alpha value is -2.83. The van der Waals surface area contributed by atoms with E-state index in [1.807, 2.05) is 35.8 Å². The molecule has 0 aliphatic rings. The molecule has 0 aliphatic heterocycles. The van der Waals surface area contributed by atoms with Crippen LogP contribution in [0, 0.1) is 0 Å². The van der Waals surface area contributed by atoms with Gasteiger partial charge >= 0.3 is 12.1 Å². The summed E-state index contributed by atoms with van der Waals surface area (Å²) in [6, 6.07) is 11.3. The summed E-state index contributed by atoms with van der Waals surface area (Å²) in [6.45, 7) is 3.98. The summed E-state index contributed by atoms with van der Waals surface area (Å²) in [7, 11) is 0. The number of aromatic nitrogens is 2. The standard InChI is InChI=1S/C21H21F3N2O2/c1-3-19-25-17-13-15(21(22,23)24)7-10-18(17)26(19)16-8-5-14(6-9-16)11-12-28-20(27)4-2/h5-10,13H,3-4,11-12H2,1-2H3. The Morgan fingerprint density at radius 2 is 1.82 bits per heavy atom. The van der Waals surface area contributed by atoms with E-state index < -0.39 is 11.7 Å². The highest BCUT2D eigenvalue weighted by atomic mass is 19.4. The molecular weight excluding hydrogens is 369 g/mol. The van der Waals surface area contributed by atoms with Crippen LogP contribution < -0.4 is 0 Å². The monoisotopic (exact) mass is 390 g/mol. The van der Waals surface area contributed by atoms with Gasteiger partial charge in [0, 0.05) is 24.9 Å². The van der Waals surface area contributed by atoms with Crippen molar-refractivity contribution in [2.45, 2.75) is 39.3 Å². The lowest BCUT2D eigenvalue weighted by molar-refractivity contribution is -0.143. The molecule has 0 spiro atoms. The largest absolute Gasteiger partial charge is 0.465 e. The Morgan fingerprint density at radius 3 is 2.43 bits per heavy atom. The van der Waals surface area contributed by atoms with Crippen molar-refractivity contribution in [2.75, 3.05) is 6.61 Å². The number of benzene rings is 2. The Bertz CT molecular complexity index is 976. The Balaban J connectivity index is 1.89. The molecule has 1 aromatic heterocycles. The predicted molar refractivity (Wildman–Crippen MR) is 100 cm³/mol. The van der Waals surface area contributed by atoms with Gasteiger partial charge in [-0.1, -0.05) is 26.0 Å². The van der Waals surface area contributed by atoms with Gasteiger partial charge in [0.15, 0.2) is 0 Å². The number of hydrogen-bond donors (Lipinski definition) is 0. The fourth-order valence-electron chi connectivity index (χ4n) is 3.03. The van der Waals surface area contributed by atoms with Crippen molar-refractivity contribution in [3.8, 4) is 5.69 Å². The number of esters is 1. The number of fused-ring (bicyclic) bond motifs is 1. The third-order valence-corrected chi connectivity index (χ3v) is 4.50. The van der Waals surface area contributed by atoms with Crippen LogP contribution in [0.25, 0.3) is 16.7 Å². The maximum Gasteiger partial charge on any atom is 0.416 e. The van der Waals surface area contributed by atoms with Crippen molar-refractivity contribution >= 4 is 17.0 Å². The van der Waals surface area contributed by atoms with Crippen molar-refractivity contribution in [3.05, 3.63) is 59.4 Å². The molecule has 28 heavy (non-hydrogen) atoms. The minimum Gasteiger partial charge on any atom is -0.465 e. The van der Waals surface area contributed by atoms with Crippen LogP contribution in [0.1, 0.15) is 37.2 Å². The average molecular weight is 390 g/mol. The van der Waals surface area contributed by atoms with Crippen LogP contribution in [0.3, 0.4) is 0 Å². The first-order valence-electron chi connectivity index (χ1n) is 9.17. The summed E-state index contributed by atoms with van der Waals surface area (Å²) in [6.07, 6.45) is -2.85. The molecule has 0 amide bonds. The number of ether oxygens (including phenoxy) is 1. The lowest BCUT2D eigenvalue weighted by Gasteiger charge is -2.10. The predicted octanol–water partition coefficient (Wildman–Crippen LogP) is 5.10. The maximum absolute atomic E-state index is 13.0. The number of carbonyl (C=O) groups excluding carboxylic acids is 1. The minimum atomic E-state index is -4.40. The van der Waals surface area contributed by atoms with Crippen LogP contribution in [-0.2, 0) is 28.5 Å². The van der Waals surface area contributed by atoms with Gasteiger partial charge in [-0.15, -0.1) is 0 Å². The summed E-state index contributed by atoms with van der Waals surface area (Å²) in [4.78, 5) is 15.6. The van der Waals surface area contributed by atoms with Crippen LogP contribution in [0.15, 0.2) is 42.5 Å². The first-order chi connectivity index (χ1) is 13.3. The van der Waals surface area contributed by atoms with Gasteiger partial charge in [0.2, 0.25) is 0 Å². The molecule has 148 valence electrons. The molecule has 3 aromatic rings. The SMILES string of the molecule is CCC(=O)OCCc1ccc(-n2c(CC)nc3cc(C(F)(F)F)ccc32)cc1. The molecule has 3 rings (SSSR count). The smallest absolute Gasteiger partial charge is 0.416 e. The lowest BCUT2D eigenvalue weighted by Crippen LogP contribution is -2.06. The normalized spacial score (nSPS) is 11.8. The van der Waals surface area contributed by atoms with Crippen LogP contribution in [0.5, 0.6) is 0 Å². The summed E-state index contributed by atoms with van der Waals surface area (Å²) in [5.41, 5.74) is 2.09. The van der Waals surface area contributed by atoms with E-state index in [1.54, 1.807) is 6.92 Å². The second-order valence-electron chi connectivity index (χ2n) is 6.41. The first-order valence-corrected chi connectivity index (χ1v) is 9.17. The van der Waals surface area contributed by atoms with Crippen molar-refractivity contribution < 1.29 is 22.7 Å². The zero-order valence-corrected chi connectivity index (χ0v) is 15.7. The maximum atomic E-state index is 13.0. The van der Waals surface area contributed by atoms with Gasteiger partial charge in [-0.3, -0.25) is 9.36 Å². The molecule has 0 bridgehead atoms. The number of hydrogen-bond acceptors (Lipinski definition) is 3. The molecule has 0 saturated carbocycles. The van der Waals surface area contributed by atoms with Crippen LogP contribution in [0.2, 0.25) is 0 Å². The Morgan fingerprint density at radius 1 is 1.11 bits per heavy atom. The highest BCUT2D eigenvalue weighted by molar-refractivity contribution is 5.79. The van der Waals surface area contributed by atoms with E-state index in [9.17, 15) is 18.0 Å². The zero-order chi connectivity index (χ0) is 20.3. The van der Waals surface area contributed by atoms with E-state index in [2.05, 4.69) is 4.98 Å². The minimum absolute atomic E-state index is 0.229. The second-order valence-corrected chi connectivity index (χ2v) is 6.41. The van der Waals surface area contributed by atoms with Gasteiger partial charge in [0.1, 0.15) is 5.82 Å². The fourth-order valence-corrected chi connectivity index (χ4v) is 3.03. The van der Waals surface area contributed by atoms with Crippen LogP contribution >= 0.6 is 0 Å². The van der Waals surface area contributed by atoms with E-state index >= 15 is 0 Å². The van der Waals surface area contributed by atoms with Gasteiger partial charge in [0.05, 0.1) is 23.2 Å². The number of imidazole rings is 1. The summed E-state index contributed by atoms with van der Waals surface area (Å²) < 4.78 is 45.9. The third kappa shape index (κ3) is 4.18. The molecular formula is C21H21F3N2O2. The van der Waals surface area contributed by atoms with Gasteiger partial charge in [-0.05, 0) is 35.9 Å². The number of carbonyl (C=O) groups is 1. The van der Waals surface area contributed by atoms with Crippen LogP contribution in [0.4, 0.5) is 13.2 Å². The second kappa shape index (κ2) is 8.04. The molecule has 0 radical (unpaired) electrons. The molecule has 0 fully saturated rings. The molecule has 0 saturated heterocycles. The third-order valence-electron chi connectivity index (χ3n) is 4.50.